The Morgan fingerprint density at radius 3 is 2.50 bits per heavy atom. The van der Waals surface area contributed by atoms with Crippen LogP contribution in [0.3, 0.4) is 0 Å². The Hall–Kier alpha value is -1.29. The van der Waals surface area contributed by atoms with Gasteiger partial charge in [0, 0.05) is 12.2 Å². The van der Waals surface area contributed by atoms with Crippen LogP contribution in [0.4, 0.5) is 5.69 Å². The largest absolute Gasteiger partial charge is 0.494 e. The van der Waals surface area contributed by atoms with E-state index in [2.05, 4.69) is 24.5 Å². The van der Waals surface area contributed by atoms with E-state index in [0.29, 0.717) is 17.6 Å². The van der Waals surface area contributed by atoms with E-state index in [4.69, 9.17) is 17.0 Å². The molecule has 0 aliphatic carbocycles. The van der Waals surface area contributed by atoms with Gasteiger partial charge in [0.05, 0.1) is 6.61 Å². The molecule has 0 spiro atoms. The summed E-state index contributed by atoms with van der Waals surface area (Å²) in [5, 5.41) is 7.01. The molecule has 1 rings (SSSR count). The monoisotopic (exact) mass is 266 g/mol. The molecule has 0 aliphatic heterocycles. The van der Waals surface area contributed by atoms with E-state index in [1.54, 1.807) is 0 Å². The zero-order chi connectivity index (χ0) is 13.4. The van der Waals surface area contributed by atoms with Gasteiger partial charge in [0.2, 0.25) is 0 Å². The fraction of sp³-hybridized carbons (Fsp3) is 0.500. The third-order valence-electron chi connectivity index (χ3n) is 2.43. The van der Waals surface area contributed by atoms with Gasteiger partial charge in [-0.1, -0.05) is 13.8 Å². The van der Waals surface area contributed by atoms with Gasteiger partial charge in [-0.05, 0) is 55.7 Å². The molecule has 1 aromatic rings. The third-order valence-corrected chi connectivity index (χ3v) is 2.68. The molecule has 0 aliphatic rings. The van der Waals surface area contributed by atoms with Crippen molar-refractivity contribution in [1.29, 1.82) is 0 Å². The van der Waals surface area contributed by atoms with E-state index in [9.17, 15) is 0 Å². The quantitative estimate of drug-likeness (QED) is 0.773. The zero-order valence-electron chi connectivity index (χ0n) is 11.3. The van der Waals surface area contributed by atoms with Crippen molar-refractivity contribution < 1.29 is 4.74 Å². The van der Waals surface area contributed by atoms with E-state index in [0.717, 1.165) is 24.4 Å². The molecule has 0 saturated heterocycles. The summed E-state index contributed by atoms with van der Waals surface area (Å²) >= 11 is 5.22. The van der Waals surface area contributed by atoms with Crippen LogP contribution in [-0.2, 0) is 0 Å². The van der Waals surface area contributed by atoms with Crippen LogP contribution >= 0.6 is 12.2 Å². The van der Waals surface area contributed by atoms with Crippen LogP contribution in [0.25, 0.3) is 0 Å². The van der Waals surface area contributed by atoms with Crippen LogP contribution < -0.4 is 15.4 Å². The maximum Gasteiger partial charge on any atom is 0.170 e. The van der Waals surface area contributed by atoms with E-state index < -0.39 is 0 Å². The van der Waals surface area contributed by atoms with Gasteiger partial charge < -0.3 is 15.4 Å². The van der Waals surface area contributed by atoms with Gasteiger partial charge in [0.25, 0.3) is 0 Å². The molecule has 2 N–H and O–H groups in total. The molecular weight excluding hydrogens is 244 g/mol. The van der Waals surface area contributed by atoms with Crippen molar-refractivity contribution in [3.05, 3.63) is 24.3 Å². The van der Waals surface area contributed by atoms with Crippen LogP contribution in [0.1, 0.15) is 27.2 Å². The summed E-state index contributed by atoms with van der Waals surface area (Å²) in [6, 6.07) is 7.79. The van der Waals surface area contributed by atoms with Gasteiger partial charge >= 0.3 is 0 Å². The maximum absolute atomic E-state index is 5.38. The summed E-state index contributed by atoms with van der Waals surface area (Å²) in [4.78, 5) is 0. The molecule has 0 fully saturated rings. The second-order valence-electron chi connectivity index (χ2n) is 4.52. The topological polar surface area (TPSA) is 33.3 Å². The van der Waals surface area contributed by atoms with E-state index in [1.165, 1.54) is 0 Å². The predicted octanol–water partition coefficient (Wildman–Crippen LogP) is 3.42. The van der Waals surface area contributed by atoms with Gasteiger partial charge in [-0.2, -0.15) is 0 Å². The molecule has 100 valence electrons. The molecule has 0 radical (unpaired) electrons. The van der Waals surface area contributed by atoms with Crippen molar-refractivity contribution >= 4 is 23.0 Å². The lowest BCUT2D eigenvalue weighted by Crippen LogP contribution is -2.29. The molecule has 3 nitrogen and oxygen atoms in total. The average Bonchev–Trinajstić information content (AvgIpc) is 2.31. The standard InChI is InChI=1S/C14H22N2OS/c1-4-17-13-7-5-12(6-8-13)16-14(18)15-10-9-11(2)3/h5-8,11H,4,9-10H2,1-3H3,(H2,15,16,18). The predicted molar refractivity (Wildman–Crippen MR) is 81.3 cm³/mol. The molecule has 0 aromatic heterocycles. The molecule has 0 saturated carbocycles. The summed E-state index contributed by atoms with van der Waals surface area (Å²) in [6.07, 6.45) is 1.12. The Balaban J connectivity index is 2.35. The van der Waals surface area contributed by atoms with E-state index >= 15 is 0 Å². The summed E-state index contributed by atoms with van der Waals surface area (Å²) in [6.45, 7) is 7.96. The normalized spacial score (nSPS) is 10.2. The number of thiocarbonyl (C=S) groups is 1. The fourth-order valence-electron chi connectivity index (χ4n) is 1.45. The lowest BCUT2D eigenvalue weighted by molar-refractivity contribution is 0.340. The fourth-order valence-corrected chi connectivity index (χ4v) is 1.67. The maximum atomic E-state index is 5.38. The highest BCUT2D eigenvalue weighted by atomic mass is 32.1. The van der Waals surface area contributed by atoms with Gasteiger partial charge in [0.15, 0.2) is 5.11 Å². The molecule has 0 amide bonds. The second kappa shape index (κ2) is 7.93. The Morgan fingerprint density at radius 2 is 1.94 bits per heavy atom. The summed E-state index contributed by atoms with van der Waals surface area (Å²) in [7, 11) is 0. The van der Waals surface area contributed by atoms with Gasteiger partial charge in [0.1, 0.15) is 5.75 Å². The molecule has 0 heterocycles. The van der Waals surface area contributed by atoms with Gasteiger partial charge in [-0.3, -0.25) is 0 Å². The third kappa shape index (κ3) is 5.87. The lowest BCUT2D eigenvalue weighted by Gasteiger charge is -2.12. The van der Waals surface area contributed by atoms with Crippen molar-refractivity contribution in [1.82, 2.24) is 5.32 Å². The molecule has 4 heteroatoms. The van der Waals surface area contributed by atoms with Crippen LogP contribution in [0.5, 0.6) is 5.75 Å². The first-order valence-electron chi connectivity index (χ1n) is 6.39. The Kier molecular flexibility index (Phi) is 6.50. The van der Waals surface area contributed by atoms with E-state index in [-0.39, 0.29) is 0 Å². The smallest absolute Gasteiger partial charge is 0.170 e. The highest BCUT2D eigenvalue weighted by Gasteiger charge is 1.99. The summed E-state index contributed by atoms with van der Waals surface area (Å²) in [5.41, 5.74) is 0.973. The highest BCUT2D eigenvalue weighted by molar-refractivity contribution is 7.80. The first-order chi connectivity index (χ1) is 8.61. The van der Waals surface area contributed by atoms with Crippen LogP contribution in [0.2, 0.25) is 0 Å². The molecule has 0 unspecified atom stereocenters. The first kappa shape index (κ1) is 14.8. The number of hydrogen-bond acceptors (Lipinski definition) is 2. The van der Waals surface area contributed by atoms with E-state index in [1.807, 2.05) is 31.2 Å². The number of nitrogens with one attached hydrogen (secondary N) is 2. The Bertz CT molecular complexity index is 363. The molecule has 18 heavy (non-hydrogen) atoms. The molecular formula is C14H22N2OS. The minimum atomic E-state index is 0.666. The van der Waals surface area contributed by atoms with Crippen LogP contribution in [0.15, 0.2) is 24.3 Å². The second-order valence-corrected chi connectivity index (χ2v) is 4.93. The molecule has 0 bridgehead atoms. The highest BCUT2D eigenvalue weighted by Crippen LogP contribution is 2.15. The van der Waals surface area contributed by atoms with Crippen molar-refractivity contribution in [2.24, 2.45) is 5.92 Å². The SMILES string of the molecule is CCOc1ccc(NC(=S)NCCC(C)C)cc1. The van der Waals surface area contributed by atoms with Gasteiger partial charge in [-0.25, -0.2) is 0 Å². The Morgan fingerprint density at radius 1 is 1.28 bits per heavy atom. The van der Waals surface area contributed by atoms with Crippen molar-refractivity contribution in [2.45, 2.75) is 27.2 Å². The minimum Gasteiger partial charge on any atom is -0.494 e. The van der Waals surface area contributed by atoms with Crippen LogP contribution in [0, 0.1) is 5.92 Å². The Labute approximate surface area is 115 Å². The number of rotatable bonds is 6. The average molecular weight is 266 g/mol. The summed E-state index contributed by atoms with van der Waals surface area (Å²) < 4.78 is 5.38. The number of benzene rings is 1. The molecule has 1 aromatic carbocycles. The van der Waals surface area contributed by atoms with Crippen LogP contribution in [-0.4, -0.2) is 18.3 Å². The summed E-state index contributed by atoms with van der Waals surface area (Å²) in [5.74, 6) is 1.56. The minimum absolute atomic E-state index is 0.666. The first-order valence-corrected chi connectivity index (χ1v) is 6.80. The number of hydrogen-bond donors (Lipinski definition) is 2. The van der Waals surface area contributed by atoms with Crippen molar-refractivity contribution in [3.63, 3.8) is 0 Å². The van der Waals surface area contributed by atoms with Crippen molar-refractivity contribution in [3.8, 4) is 5.75 Å². The number of ether oxygens (including phenoxy) is 1. The lowest BCUT2D eigenvalue weighted by atomic mass is 10.1. The molecule has 0 atom stereocenters. The zero-order valence-corrected chi connectivity index (χ0v) is 12.1. The number of anilines is 1. The van der Waals surface area contributed by atoms with Crippen molar-refractivity contribution in [2.75, 3.05) is 18.5 Å². The van der Waals surface area contributed by atoms with Gasteiger partial charge in [-0.15, -0.1) is 0 Å².